The fraction of sp³-hybridized carbons (Fsp3) is 0.435. The molecule has 2 aromatic rings. The first-order chi connectivity index (χ1) is 14.9. The van der Waals surface area contributed by atoms with Gasteiger partial charge < -0.3 is 19.1 Å². The fourth-order valence-corrected chi connectivity index (χ4v) is 3.50. The van der Waals surface area contributed by atoms with Crippen LogP contribution in [-0.4, -0.2) is 50.0 Å². The van der Waals surface area contributed by atoms with Crippen molar-refractivity contribution in [3.63, 3.8) is 0 Å². The Morgan fingerprint density at radius 1 is 1.16 bits per heavy atom. The number of alkyl halides is 3. The van der Waals surface area contributed by atoms with E-state index in [1.54, 1.807) is 36.3 Å². The predicted octanol–water partition coefficient (Wildman–Crippen LogP) is 4.60. The van der Waals surface area contributed by atoms with Crippen LogP contribution in [0.3, 0.4) is 0 Å². The van der Waals surface area contributed by atoms with E-state index in [0.717, 1.165) is 18.4 Å². The number of halogens is 3. The molecule has 1 aliphatic rings. The Morgan fingerprint density at radius 2 is 1.90 bits per heavy atom. The second-order valence-corrected chi connectivity index (χ2v) is 7.44. The van der Waals surface area contributed by atoms with Gasteiger partial charge in [-0.15, -0.1) is 0 Å². The van der Waals surface area contributed by atoms with Crippen LogP contribution in [0.2, 0.25) is 0 Å². The van der Waals surface area contributed by atoms with Crippen molar-refractivity contribution < 1.29 is 32.2 Å². The first kappa shape index (κ1) is 23.1. The molecule has 3 rings (SSSR count). The third-order valence-corrected chi connectivity index (χ3v) is 5.02. The van der Waals surface area contributed by atoms with Gasteiger partial charge in [0, 0.05) is 30.8 Å². The van der Waals surface area contributed by atoms with Gasteiger partial charge in [-0.1, -0.05) is 30.3 Å². The molecule has 0 radical (unpaired) electrons. The molecule has 1 heterocycles. The third kappa shape index (κ3) is 6.97. The molecule has 31 heavy (non-hydrogen) atoms. The molecule has 0 spiro atoms. The first-order valence-electron chi connectivity index (χ1n) is 10.1. The van der Waals surface area contributed by atoms with Crippen LogP contribution in [-0.2, 0) is 22.6 Å². The van der Waals surface area contributed by atoms with Crippen molar-refractivity contribution in [1.82, 2.24) is 4.90 Å². The van der Waals surface area contributed by atoms with E-state index in [4.69, 9.17) is 9.47 Å². The Balaban J connectivity index is 1.71. The maximum atomic E-state index is 13.2. The number of hydrogen-bond donors (Lipinski definition) is 0. The number of ether oxygens (including phenoxy) is 3. The summed E-state index contributed by atoms with van der Waals surface area (Å²) in [4.78, 5) is 15.0. The molecule has 8 heteroatoms. The monoisotopic (exact) mass is 437 g/mol. The van der Waals surface area contributed by atoms with E-state index >= 15 is 0 Å². The molecule has 1 atom stereocenters. The summed E-state index contributed by atoms with van der Waals surface area (Å²) in [5.41, 5.74) is 1.90. The molecule has 1 saturated heterocycles. The highest BCUT2D eigenvalue weighted by atomic mass is 19.4. The molecule has 1 amide bonds. The van der Waals surface area contributed by atoms with E-state index in [9.17, 15) is 18.0 Å². The largest absolute Gasteiger partial charge is 0.496 e. The molecule has 1 unspecified atom stereocenters. The van der Waals surface area contributed by atoms with Crippen molar-refractivity contribution in [1.29, 1.82) is 0 Å². The van der Waals surface area contributed by atoms with Gasteiger partial charge >= 0.3 is 6.18 Å². The van der Waals surface area contributed by atoms with Gasteiger partial charge in [-0.3, -0.25) is 4.79 Å². The summed E-state index contributed by atoms with van der Waals surface area (Å²) in [6.45, 7) is 0.0248. The highest BCUT2D eigenvalue weighted by molar-refractivity contribution is 5.94. The summed E-state index contributed by atoms with van der Waals surface area (Å²) in [6, 6.07) is 14.0. The highest BCUT2D eigenvalue weighted by Crippen LogP contribution is 2.23. The quantitative estimate of drug-likeness (QED) is 0.576. The van der Waals surface area contributed by atoms with Crippen molar-refractivity contribution in [2.24, 2.45) is 0 Å². The van der Waals surface area contributed by atoms with E-state index in [1.165, 1.54) is 0 Å². The lowest BCUT2D eigenvalue weighted by Crippen LogP contribution is -2.37. The number of methoxy groups -OCH3 is 1. The average molecular weight is 437 g/mol. The van der Waals surface area contributed by atoms with Gasteiger partial charge in [-0.05, 0) is 36.6 Å². The summed E-state index contributed by atoms with van der Waals surface area (Å²) in [5, 5.41) is 0. The number of benzene rings is 2. The van der Waals surface area contributed by atoms with Crippen molar-refractivity contribution in [3.05, 3.63) is 65.2 Å². The molecule has 1 aliphatic heterocycles. The molecule has 1 fully saturated rings. The lowest BCUT2D eigenvalue weighted by molar-refractivity contribution is -0.176. The molecule has 0 bridgehead atoms. The van der Waals surface area contributed by atoms with Gasteiger partial charge in [0.15, 0.2) is 0 Å². The van der Waals surface area contributed by atoms with Gasteiger partial charge in [-0.2, -0.15) is 13.2 Å². The summed E-state index contributed by atoms with van der Waals surface area (Å²) >= 11 is 0. The molecule has 0 aliphatic carbocycles. The minimum atomic E-state index is -4.36. The molecular formula is C23H26F3NO4. The lowest BCUT2D eigenvalue weighted by Gasteiger charge is -2.26. The number of nitrogens with zero attached hydrogens (tertiary/aromatic N) is 1. The number of carbonyl (C=O) groups excluding carboxylic acids is 1. The Morgan fingerprint density at radius 3 is 2.55 bits per heavy atom. The SMILES string of the molecule is COc1ccccc1CN(CC1CCCO1)C(=O)c1ccc(COCC(F)(F)F)cc1. The van der Waals surface area contributed by atoms with Gasteiger partial charge in [-0.25, -0.2) is 0 Å². The van der Waals surface area contributed by atoms with Crippen molar-refractivity contribution in [2.45, 2.75) is 38.3 Å². The van der Waals surface area contributed by atoms with E-state index in [2.05, 4.69) is 4.74 Å². The molecule has 0 aromatic heterocycles. The number of hydrogen-bond acceptors (Lipinski definition) is 4. The molecule has 2 aromatic carbocycles. The van der Waals surface area contributed by atoms with Crippen LogP contribution >= 0.6 is 0 Å². The van der Waals surface area contributed by atoms with Crippen molar-refractivity contribution >= 4 is 5.91 Å². The molecule has 168 valence electrons. The third-order valence-electron chi connectivity index (χ3n) is 5.02. The molecule has 0 saturated carbocycles. The Kier molecular flexibility index (Phi) is 7.92. The van der Waals surface area contributed by atoms with E-state index in [1.807, 2.05) is 24.3 Å². The predicted molar refractivity (Wildman–Crippen MR) is 109 cm³/mol. The van der Waals surface area contributed by atoms with Gasteiger partial charge in [0.25, 0.3) is 5.91 Å². The van der Waals surface area contributed by atoms with Crippen LogP contribution in [0, 0.1) is 0 Å². The second-order valence-electron chi connectivity index (χ2n) is 7.44. The van der Waals surface area contributed by atoms with Crippen LogP contribution in [0.5, 0.6) is 5.75 Å². The average Bonchev–Trinajstić information content (AvgIpc) is 3.26. The van der Waals surface area contributed by atoms with Gasteiger partial charge in [0.2, 0.25) is 0 Å². The van der Waals surface area contributed by atoms with E-state index < -0.39 is 12.8 Å². The molecule has 0 N–H and O–H groups in total. The summed E-state index contributed by atoms with van der Waals surface area (Å²) in [7, 11) is 1.59. The normalized spacial score (nSPS) is 16.3. The fourth-order valence-electron chi connectivity index (χ4n) is 3.50. The van der Waals surface area contributed by atoms with Crippen LogP contribution in [0.25, 0.3) is 0 Å². The number of amides is 1. The number of rotatable bonds is 9. The van der Waals surface area contributed by atoms with E-state index in [0.29, 0.717) is 36.6 Å². The Hall–Kier alpha value is -2.58. The zero-order valence-corrected chi connectivity index (χ0v) is 17.4. The topological polar surface area (TPSA) is 48.0 Å². The molecule has 5 nitrogen and oxygen atoms in total. The van der Waals surface area contributed by atoms with Crippen molar-refractivity contribution in [3.8, 4) is 5.75 Å². The zero-order valence-electron chi connectivity index (χ0n) is 17.4. The van der Waals surface area contributed by atoms with Crippen LogP contribution < -0.4 is 4.74 Å². The van der Waals surface area contributed by atoms with Crippen LogP contribution in [0.15, 0.2) is 48.5 Å². The first-order valence-corrected chi connectivity index (χ1v) is 10.1. The number of carbonyl (C=O) groups is 1. The number of para-hydroxylation sites is 1. The van der Waals surface area contributed by atoms with Crippen LogP contribution in [0.4, 0.5) is 13.2 Å². The standard InChI is InChI=1S/C23H26F3NO4/c1-29-21-7-3-2-5-19(21)13-27(14-20-6-4-12-31-20)22(28)18-10-8-17(9-11-18)15-30-16-23(24,25)26/h2-3,5,7-11,20H,4,6,12-16H2,1H3. The zero-order chi connectivity index (χ0) is 22.3. The Bertz CT molecular complexity index is 849. The molecular weight excluding hydrogens is 411 g/mol. The minimum absolute atomic E-state index is 0.0197. The van der Waals surface area contributed by atoms with Gasteiger partial charge in [0.05, 0.1) is 19.8 Å². The Labute approximate surface area is 179 Å². The van der Waals surface area contributed by atoms with Crippen molar-refractivity contribution in [2.75, 3.05) is 26.9 Å². The summed E-state index contributed by atoms with van der Waals surface area (Å²) in [6.07, 6.45) is -2.52. The maximum absolute atomic E-state index is 13.2. The smallest absolute Gasteiger partial charge is 0.411 e. The summed E-state index contributed by atoms with van der Waals surface area (Å²) in [5.74, 6) is 0.522. The van der Waals surface area contributed by atoms with Crippen LogP contribution in [0.1, 0.15) is 34.3 Å². The van der Waals surface area contributed by atoms with Gasteiger partial charge in [0.1, 0.15) is 12.4 Å². The summed E-state index contributed by atoms with van der Waals surface area (Å²) < 4.78 is 52.5. The second kappa shape index (κ2) is 10.6. The van der Waals surface area contributed by atoms with E-state index in [-0.39, 0.29) is 18.6 Å². The minimum Gasteiger partial charge on any atom is -0.496 e. The lowest BCUT2D eigenvalue weighted by atomic mass is 10.1. The highest BCUT2D eigenvalue weighted by Gasteiger charge is 2.27. The maximum Gasteiger partial charge on any atom is 0.411 e.